The lowest BCUT2D eigenvalue weighted by atomic mass is 9.74. The Morgan fingerprint density at radius 1 is 1.09 bits per heavy atom. The number of ether oxygens (including phenoxy) is 2. The molecule has 23 heavy (non-hydrogen) atoms. The number of carbonyl (C=O) groups is 1. The Hall–Kier alpha value is -2.33. The van der Waals surface area contributed by atoms with Crippen molar-refractivity contribution >= 4 is 5.97 Å². The fraction of sp³-hybridized carbons (Fsp3) is 0.316. The number of carboxylic acids is 1. The largest absolute Gasteiger partial charge is 0.489 e. The normalized spacial score (nSPS) is 16.7. The molecule has 1 fully saturated rings. The molecular formula is C19H20O4. The van der Waals surface area contributed by atoms with E-state index in [0.29, 0.717) is 38.4 Å². The van der Waals surface area contributed by atoms with E-state index in [2.05, 4.69) is 0 Å². The van der Waals surface area contributed by atoms with Crippen LogP contribution in [0.2, 0.25) is 0 Å². The third-order valence-corrected chi connectivity index (χ3v) is 4.39. The maximum atomic E-state index is 11.9. The van der Waals surface area contributed by atoms with Crippen molar-refractivity contribution in [2.75, 3.05) is 13.2 Å². The average Bonchev–Trinajstić information content (AvgIpc) is 2.61. The van der Waals surface area contributed by atoms with Crippen molar-refractivity contribution in [3.8, 4) is 5.75 Å². The van der Waals surface area contributed by atoms with E-state index in [4.69, 9.17) is 9.47 Å². The van der Waals surface area contributed by atoms with E-state index in [1.54, 1.807) is 0 Å². The van der Waals surface area contributed by atoms with Gasteiger partial charge in [-0.25, -0.2) is 0 Å². The van der Waals surface area contributed by atoms with Gasteiger partial charge in [-0.15, -0.1) is 0 Å². The molecule has 1 saturated heterocycles. The molecule has 0 bridgehead atoms. The quantitative estimate of drug-likeness (QED) is 0.919. The number of carboxylic acid groups (broad SMARTS) is 1. The van der Waals surface area contributed by atoms with Crippen molar-refractivity contribution < 1.29 is 19.4 Å². The van der Waals surface area contributed by atoms with Crippen LogP contribution in [-0.4, -0.2) is 24.3 Å². The molecule has 4 nitrogen and oxygen atoms in total. The zero-order chi connectivity index (χ0) is 16.1. The highest BCUT2D eigenvalue weighted by Gasteiger charge is 2.42. The summed E-state index contributed by atoms with van der Waals surface area (Å²) < 4.78 is 11.2. The Bertz CT molecular complexity index is 660. The summed E-state index contributed by atoms with van der Waals surface area (Å²) in [6.45, 7) is 1.41. The molecule has 3 rings (SSSR count). The molecule has 2 aromatic rings. The second-order valence-corrected chi connectivity index (χ2v) is 5.80. The highest BCUT2D eigenvalue weighted by Crippen LogP contribution is 2.36. The molecular weight excluding hydrogens is 292 g/mol. The standard InChI is InChI=1S/C19H20O4/c20-18(21)19(9-11-22-12-10-19)16-7-4-8-17(13-16)23-14-15-5-2-1-3-6-15/h1-8,13H,9-12,14H2,(H,20,21). The Morgan fingerprint density at radius 2 is 1.83 bits per heavy atom. The van der Waals surface area contributed by atoms with Gasteiger partial charge in [0.2, 0.25) is 0 Å². The first-order valence-electron chi connectivity index (χ1n) is 7.79. The van der Waals surface area contributed by atoms with Gasteiger partial charge in [-0.1, -0.05) is 42.5 Å². The zero-order valence-electron chi connectivity index (χ0n) is 12.9. The van der Waals surface area contributed by atoms with Crippen molar-refractivity contribution in [2.24, 2.45) is 0 Å². The molecule has 1 N–H and O–H groups in total. The minimum atomic E-state index is -0.871. The van der Waals surface area contributed by atoms with Gasteiger partial charge in [0.25, 0.3) is 0 Å². The van der Waals surface area contributed by atoms with Gasteiger partial charge in [-0.05, 0) is 36.1 Å². The Kier molecular flexibility index (Phi) is 4.63. The summed E-state index contributed by atoms with van der Waals surface area (Å²) in [5.74, 6) is -0.0977. The second kappa shape index (κ2) is 6.84. The van der Waals surface area contributed by atoms with Crippen molar-refractivity contribution in [2.45, 2.75) is 24.9 Å². The van der Waals surface area contributed by atoms with Crippen LogP contribution in [0, 0.1) is 0 Å². The van der Waals surface area contributed by atoms with Gasteiger partial charge in [0.05, 0.1) is 5.41 Å². The second-order valence-electron chi connectivity index (χ2n) is 5.80. The van der Waals surface area contributed by atoms with Crippen molar-refractivity contribution in [3.63, 3.8) is 0 Å². The van der Waals surface area contributed by atoms with E-state index in [1.807, 2.05) is 54.6 Å². The summed E-state index contributed by atoms with van der Waals surface area (Å²) >= 11 is 0. The number of hydrogen-bond acceptors (Lipinski definition) is 3. The summed E-state index contributed by atoms with van der Waals surface area (Å²) in [4.78, 5) is 11.9. The highest BCUT2D eigenvalue weighted by atomic mass is 16.5. The predicted molar refractivity (Wildman–Crippen MR) is 86.6 cm³/mol. The van der Waals surface area contributed by atoms with Crippen LogP contribution in [0.3, 0.4) is 0 Å². The molecule has 1 heterocycles. The third-order valence-electron chi connectivity index (χ3n) is 4.39. The zero-order valence-corrected chi connectivity index (χ0v) is 12.9. The molecule has 120 valence electrons. The Balaban J connectivity index is 1.80. The number of hydrogen-bond donors (Lipinski definition) is 1. The topological polar surface area (TPSA) is 55.8 Å². The van der Waals surface area contributed by atoms with Crippen LogP contribution in [0.15, 0.2) is 54.6 Å². The Morgan fingerprint density at radius 3 is 2.52 bits per heavy atom. The lowest BCUT2D eigenvalue weighted by Gasteiger charge is -2.33. The van der Waals surface area contributed by atoms with Crippen LogP contribution in [-0.2, 0) is 21.6 Å². The fourth-order valence-corrected chi connectivity index (χ4v) is 2.97. The van der Waals surface area contributed by atoms with Gasteiger partial charge in [0, 0.05) is 13.2 Å². The van der Waals surface area contributed by atoms with Crippen LogP contribution in [0.4, 0.5) is 0 Å². The van der Waals surface area contributed by atoms with Crippen molar-refractivity contribution in [1.29, 1.82) is 0 Å². The minimum Gasteiger partial charge on any atom is -0.489 e. The fourth-order valence-electron chi connectivity index (χ4n) is 2.97. The van der Waals surface area contributed by atoms with E-state index in [0.717, 1.165) is 11.1 Å². The van der Waals surface area contributed by atoms with Crippen LogP contribution in [0.25, 0.3) is 0 Å². The first-order valence-corrected chi connectivity index (χ1v) is 7.79. The predicted octanol–water partition coefficient (Wildman–Crippen LogP) is 3.40. The van der Waals surface area contributed by atoms with E-state index in [-0.39, 0.29) is 0 Å². The molecule has 2 aromatic carbocycles. The van der Waals surface area contributed by atoms with Crippen molar-refractivity contribution in [3.05, 3.63) is 65.7 Å². The van der Waals surface area contributed by atoms with Gasteiger partial charge in [-0.3, -0.25) is 4.79 Å². The lowest BCUT2D eigenvalue weighted by molar-refractivity contribution is -0.147. The maximum Gasteiger partial charge on any atom is 0.314 e. The van der Waals surface area contributed by atoms with Crippen LogP contribution >= 0.6 is 0 Å². The maximum absolute atomic E-state index is 11.9. The number of benzene rings is 2. The molecule has 0 radical (unpaired) electrons. The molecule has 1 aliphatic rings. The highest BCUT2D eigenvalue weighted by molar-refractivity contribution is 5.81. The summed E-state index contributed by atoms with van der Waals surface area (Å²) in [5, 5.41) is 9.74. The molecule has 0 spiro atoms. The lowest BCUT2D eigenvalue weighted by Crippen LogP contribution is -2.41. The van der Waals surface area contributed by atoms with E-state index in [1.165, 1.54) is 0 Å². The average molecular weight is 312 g/mol. The summed E-state index contributed by atoms with van der Waals surface area (Å²) in [7, 11) is 0. The molecule has 4 heteroatoms. The first kappa shape index (κ1) is 15.6. The molecule has 0 saturated carbocycles. The monoisotopic (exact) mass is 312 g/mol. The number of rotatable bonds is 5. The molecule has 0 amide bonds. The summed E-state index contributed by atoms with van der Waals surface area (Å²) in [6, 6.07) is 17.3. The number of aliphatic carboxylic acids is 1. The molecule has 0 aliphatic carbocycles. The smallest absolute Gasteiger partial charge is 0.314 e. The van der Waals surface area contributed by atoms with Crippen molar-refractivity contribution in [1.82, 2.24) is 0 Å². The molecule has 0 atom stereocenters. The van der Waals surface area contributed by atoms with Gasteiger partial charge in [-0.2, -0.15) is 0 Å². The van der Waals surface area contributed by atoms with Gasteiger partial charge in [0.15, 0.2) is 0 Å². The summed E-state index contributed by atoms with van der Waals surface area (Å²) in [6.07, 6.45) is 0.981. The SMILES string of the molecule is O=C(O)C1(c2cccc(OCc3ccccc3)c2)CCOCC1. The van der Waals surface area contributed by atoms with E-state index in [9.17, 15) is 9.90 Å². The van der Waals surface area contributed by atoms with E-state index >= 15 is 0 Å². The Labute approximate surface area is 135 Å². The third kappa shape index (κ3) is 3.37. The first-order chi connectivity index (χ1) is 11.2. The van der Waals surface area contributed by atoms with Crippen LogP contribution < -0.4 is 4.74 Å². The van der Waals surface area contributed by atoms with Crippen LogP contribution in [0.1, 0.15) is 24.0 Å². The van der Waals surface area contributed by atoms with Gasteiger partial charge < -0.3 is 14.6 Å². The van der Waals surface area contributed by atoms with E-state index < -0.39 is 11.4 Å². The van der Waals surface area contributed by atoms with Gasteiger partial charge >= 0.3 is 5.97 Å². The molecule has 0 aromatic heterocycles. The molecule has 0 unspecified atom stereocenters. The van der Waals surface area contributed by atoms with Crippen LogP contribution in [0.5, 0.6) is 5.75 Å². The summed E-state index contributed by atoms with van der Waals surface area (Å²) in [5.41, 5.74) is 1.00. The molecule has 1 aliphatic heterocycles. The minimum absolute atomic E-state index is 0.466. The van der Waals surface area contributed by atoms with Gasteiger partial charge in [0.1, 0.15) is 12.4 Å².